The molecular weight excluding hydrogens is 368 g/mol. The molecule has 28 heavy (non-hydrogen) atoms. The van der Waals surface area contributed by atoms with Crippen molar-refractivity contribution < 1.29 is 8.42 Å². The summed E-state index contributed by atoms with van der Waals surface area (Å²) in [4.78, 5) is 7.45. The number of anilines is 3. The molecule has 1 aromatic heterocycles. The van der Waals surface area contributed by atoms with Crippen LogP contribution in [0, 0.1) is 0 Å². The third-order valence-corrected chi connectivity index (χ3v) is 7.87. The number of fused-ring (bicyclic) bond motifs is 4. The van der Waals surface area contributed by atoms with E-state index < -0.39 is 9.84 Å². The number of hydrogen-bond donors (Lipinski definition) is 0. The zero-order chi connectivity index (χ0) is 19.8. The van der Waals surface area contributed by atoms with Crippen LogP contribution >= 0.6 is 0 Å². The lowest BCUT2D eigenvalue weighted by Crippen LogP contribution is -2.35. The van der Waals surface area contributed by atoms with Gasteiger partial charge < -0.3 is 0 Å². The summed E-state index contributed by atoms with van der Waals surface area (Å²) in [5, 5.41) is 0. The molecule has 5 rings (SSSR count). The lowest BCUT2D eigenvalue weighted by atomic mass is 9.74. The topological polar surface area (TPSA) is 50.3 Å². The summed E-state index contributed by atoms with van der Waals surface area (Å²) in [6.45, 7) is 8.49. The minimum absolute atomic E-state index is 0.300. The highest BCUT2D eigenvalue weighted by atomic mass is 32.2. The SMILES string of the molecule is CC(C)c1ccc2c(c1)N1c3ncccc3C(C)(C)c3cccc(c31)S2(=O)=O. The van der Waals surface area contributed by atoms with Gasteiger partial charge in [0.25, 0.3) is 0 Å². The smallest absolute Gasteiger partial charge is 0.210 e. The summed E-state index contributed by atoms with van der Waals surface area (Å²) in [7, 11) is -3.60. The fourth-order valence-electron chi connectivity index (χ4n) is 4.44. The zero-order valence-electron chi connectivity index (χ0n) is 16.4. The molecule has 5 heteroatoms. The van der Waals surface area contributed by atoms with Crippen LogP contribution in [0.1, 0.15) is 50.3 Å². The molecule has 0 aliphatic carbocycles. The van der Waals surface area contributed by atoms with Gasteiger partial charge in [-0.3, -0.25) is 4.90 Å². The summed E-state index contributed by atoms with van der Waals surface area (Å²) in [5.74, 6) is 1.11. The van der Waals surface area contributed by atoms with Crippen molar-refractivity contribution in [3.63, 3.8) is 0 Å². The summed E-state index contributed by atoms with van der Waals surface area (Å²) in [5.41, 5.74) is 4.31. The molecule has 4 nitrogen and oxygen atoms in total. The van der Waals surface area contributed by atoms with Gasteiger partial charge in [0.15, 0.2) is 0 Å². The van der Waals surface area contributed by atoms with Crippen molar-refractivity contribution in [2.45, 2.75) is 48.8 Å². The van der Waals surface area contributed by atoms with Crippen LogP contribution in [-0.2, 0) is 15.3 Å². The third-order valence-electron chi connectivity index (χ3n) is 6.04. The first-order valence-electron chi connectivity index (χ1n) is 9.52. The van der Waals surface area contributed by atoms with Crippen LogP contribution in [-0.4, -0.2) is 13.4 Å². The first kappa shape index (κ1) is 17.4. The quantitative estimate of drug-likeness (QED) is 0.433. The molecule has 3 heterocycles. The predicted molar refractivity (Wildman–Crippen MR) is 111 cm³/mol. The van der Waals surface area contributed by atoms with E-state index in [9.17, 15) is 8.42 Å². The van der Waals surface area contributed by atoms with Gasteiger partial charge in [-0.05, 0) is 41.3 Å². The lowest BCUT2D eigenvalue weighted by Gasteiger charge is -2.44. The van der Waals surface area contributed by atoms with Crippen molar-refractivity contribution in [1.82, 2.24) is 4.98 Å². The van der Waals surface area contributed by atoms with Crippen LogP contribution in [0.25, 0.3) is 0 Å². The second-order valence-electron chi connectivity index (χ2n) is 8.37. The van der Waals surface area contributed by atoms with E-state index >= 15 is 0 Å². The van der Waals surface area contributed by atoms with E-state index in [-0.39, 0.29) is 5.41 Å². The zero-order valence-corrected chi connectivity index (χ0v) is 17.2. The molecule has 2 aliphatic heterocycles. The Morgan fingerprint density at radius 2 is 1.71 bits per heavy atom. The molecule has 2 aromatic carbocycles. The number of aromatic nitrogens is 1. The van der Waals surface area contributed by atoms with Crippen LogP contribution in [0.2, 0.25) is 0 Å². The maximum Gasteiger partial charge on any atom is 0.210 e. The minimum Gasteiger partial charge on any atom is -0.292 e. The van der Waals surface area contributed by atoms with Crippen LogP contribution in [0.3, 0.4) is 0 Å². The highest BCUT2D eigenvalue weighted by molar-refractivity contribution is 7.92. The Labute approximate surface area is 165 Å². The summed E-state index contributed by atoms with van der Waals surface area (Å²) < 4.78 is 27.0. The first-order valence-corrected chi connectivity index (χ1v) is 11.0. The monoisotopic (exact) mass is 390 g/mol. The lowest BCUT2D eigenvalue weighted by molar-refractivity contribution is 0.589. The van der Waals surface area contributed by atoms with E-state index in [2.05, 4.69) is 33.8 Å². The second-order valence-corrected chi connectivity index (χ2v) is 10.3. The molecule has 2 aliphatic rings. The molecule has 0 atom stereocenters. The van der Waals surface area contributed by atoms with Crippen LogP contribution < -0.4 is 4.90 Å². The van der Waals surface area contributed by atoms with E-state index in [0.717, 1.165) is 28.2 Å². The van der Waals surface area contributed by atoms with E-state index in [1.165, 1.54) is 0 Å². The molecule has 0 N–H and O–H groups in total. The highest BCUT2D eigenvalue weighted by Gasteiger charge is 2.45. The predicted octanol–water partition coefficient (Wildman–Crippen LogP) is 5.46. The van der Waals surface area contributed by atoms with Crippen molar-refractivity contribution in [3.8, 4) is 0 Å². The van der Waals surface area contributed by atoms with Gasteiger partial charge in [-0.1, -0.05) is 52.0 Å². The summed E-state index contributed by atoms with van der Waals surface area (Å²) in [6.07, 6.45) is 1.78. The fraction of sp³-hybridized carbons (Fsp3) is 0.261. The molecule has 0 fully saturated rings. The van der Waals surface area contributed by atoms with Crippen molar-refractivity contribution in [2.24, 2.45) is 0 Å². The van der Waals surface area contributed by atoms with E-state index in [1.54, 1.807) is 18.3 Å². The average molecular weight is 391 g/mol. The molecule has 142 valence electrons. The van der Waals surface area contributed by atoms with Crippen molar-refractivity contribution in [3.05, 3.63) is 71.4 Å². The van der Waals surface area contributed by atoms with Gasteiger partial charge in [0.05, 0.1) is 21.2 Å². The second kappa shape index (κ2) is 5.45. The largest absolute Gasteiger partial charge is 0.292 e. The Morgan fingerprint density at radius 1 is 0.964 bits per heavy atom. The number of nitrogens with zero attached hydrogens (tertiary/aromatic N) is 2. The molecular formula is C23H22N2O2S. The number of hydrogen-bond acceptors (Lipinski definition) is 4. The Kier molecular flexibility index (Phi) is 3.39. The third kappa shape index (κ3) is 2.05. The number of benzene rings is 2. The van der Waals surface area contributed by atoms with E-state index in [0.29, 0.717) is 21.4 Å². The van der Waals surface area contributed by atoms with Gasteiger partial charge in [0.1, 0.15) is 5.82 Å². The Hall–Kier alpha value is -2.66. The molecule has 3 aromatic rings. The molecule has 0 radical (unpaired) electrons. The maximum absolute atomic E-state index is 13.5. The molecule has 0 unspecified atom stereocenters. The van der Waals surface area contributed by atoms with E-state index in [4.69, 9.17) is 4.98 Å². The van der Waals surface area contributed by atoms with Gasteiger partial charge >= 0.3 is 0 Å². The minimum atomic E-state index is -3.60. The number of pyridine rings is 1. The molecule has 0 amide bonds. The van der Waals surface area contributed by atoms with Crippen LogP contribution in [0.5, 0.6) is 0 Å². The fourth-order valence-corrected chi connectivity index (χ4v) is 6.06. The maximum atomic E-state index is 13.5. The standard InChI is InChI=1S/C23H22N2O2S/c1-14(2)15-10-11-19-18(13-15)25-21-16(7-5-9-20(21)28(19,26)27)23(3,4)17-8-6-12-24-22(17)25/h5-14H,1-4H3. The van der Waals surface area contributed by atoms with Gasteiger partial charge in [0.2, 0.25) is 9.84 Å². The molecule has 0 spiro atoms. The number of para-hydroxylation sites is 1. The van der Waals surface area contributed by atoms with Gasteiger partial charge in [0, 0.05) is 17.2 Å². The van der Waals surface area contributed by atoms with Gasteiger partial charge in [-0.15, -0.1) is 0 Å². The van der Waals surface area contributed by atoms with Crippen molar-refractivity contribution in [2.75, 3.05) is 4.90 Å². The normalized spacial score (nSPS) is 17.7. The molecule has 0 saturated heterocycles. The molecule has 0 saturated carbocycles. The highest BCUT2D eigenvalue weighted by Crippen LogP contribution is 2.57. The summed E-state index contributed by atoms with van der Waals surface area (Å²) >= 11 is 0. The Bertz CT molecular complexity index is 1240. The van der Waals surface area contributed by atoms with Crippen molar-refractivity contribution >= 4 is 27.0 Å². The number of sulfone groups is 1. The van der Waals surface area contributed by atoms with Gasteiger partial charge in [-0.2, -0.15) is 0 Å². The Balaban J connectivity index is 1.96. The van der Waals surface area contributed by atoms with Crippen molar-refractivity contribution in [1.29, 1.82) is 0 Å². The van der Waals surface area contributed by atoms with Gasteiger partial charge in [-0.25, -0.2) is 13.4 Å². The average Bonchev–Trinajstić information content (AvgIpc) is 2.67. The van der Waals surface area contributed by atoms with Crippen LogP contribution in [0.15, 0.2) is 64.5 Å². The van der Waals surface area contributed by atoms with Crippen LogP contribution in [0.4, 0.5) is 17.2 Å². The Morgan fingerprint density at radius 3 is 2.46 bits per heavy atom. The first-order chi connectivity index (χ1) is 13.2. The summed E-state index contributed by atoms with van der Waals surface area (Å²) in [6, 6.07) is 15.3. The molecule has 0 bridgehead atoms. The van der Waals surface area contributed by atoms with E-state index in [1.807, 2.05) is 35.2 Å². The number of rotatable bonds is 1.